The molecule has 0 fully saturated rings. The van der Waals surface area contributed by atoms with Gasteiger partial charge < -0.3 is 10.6 Å². The SMILES string of the molecule is CC(=O)N[C@]1(C(F)(F)F)N=C(c2ccccc2)NC1=O. The first-order chi connectivity index (χ1) is 9.26. The summed E-state index contributed by atoms with van der Waals surface area (Å²) in [5.74, 6) is -2.67. The van der Waals surface area contributed by atoms with E-state index in [1.807, 2.05) is 5.32 Å². The van der Waals surface area contributed by atoms with Crippen molar-refractivity contribution >= 4 is 17.6 Å². The fourth-order valence-electron chi connectivity index (χ4n) is 1.78. The Hall–Kier alpha value is -2.38. The fourth-order valence-corrected chi connectivity index (χ4v) is 1.78. The van der Waals surface area contributed by atoms with E-state index in [9.17, 15) is 22.8 Å². The maximum absolute atomic E-state index is 13.1. The van der Waals surface area contributed by atoms with E-state index in [-0.39, 0.29) is 5.84 Å². The van der Waals surface area contributed by atoms with Gasteiger partial charge in [-0.2, -0.15) is 13.2 Å². The highest BCUT2D eigenvalue weighted by molar-refractivity contribution is 6.16. The topological polar surface area (TPSA) is 70.6 Å². The van der Waals surface area contributed by atoms with Gasteiger partial charge in [-0.1, -0.05) is 30.3 Å². The number of benzene rings is 1. The molecule has 1 aliphatic heterocycles. The van der Waals surface area contributed by atoms with Crippen LogP contribution in [-0.4, -0.2) is 29.5 Å². The molecule has 1 heterocycles. The van der Waals surface area contributed by atoms with E-state index in [2.05, 4.69) is 4.99 Å². The Labute approximate surface area is 111 Å². The number of alkyl halides is 3. The normalized spacial score (nSPS) is 22.2. The van der Waals surface area contributed by atoms with E-state index in [4.69, 9.17) is 0 Å². The van der Waals surface area contributed by atoms with Gasteiger partial charge in [-0.3, -0.25) is 9.59 Å². The zero-order valence-corrected chi connectivity index (χ0v) is 10.3. The minimum Gasteiger partial charge on any atom is -0.317 e. The average Bonchev–Trinajstić information content (AvgIpc) is 2.68. The molecular formula is C12H10F3N3O2. The van der Waals surface area contributed by atoms with Crippen molar-refractivity contribution in [3.63, 3.8) is 0 Å². The van der Waals surface area contributed by atoms with E-state index in [0.29, 0.717) is 5.56 Å². The number of carbonyl (C=O) groups is 2. The Kier molecular flexibility index (Phi) is 3.24. The van der Waals surface area contributed by atoms with Gasteiger partial charge in [-0.15, -0.1) is 0 Å². The van der Waals surface area contributed by atoms with Crippen molar-refractivity contribution in [2.75, 3.05) is 0 Å². The van der Waals surface area contributed by atoms with Crippen molar-refractivity contribution in [1.29, 1.82) is 0 Å². The summed E-state index contributed by atoms with van der Waals surface area (Å²) < 4.78 is 39.4. The number of rotatable bonds is 2. The van der Waals surface area contributed by atoms with Gasteiger partial charge in [0, 0.05) is 12.5 Å². The zero-order chi connectivity index (χ0) is 15.0. The molecule has 0 aliphatic carbocycles. The molecule has 0 bridgehead atoms. The first kappa shape index (κ1) is 14.0. The van der Waals surface area contributed by atoms with Crippen LogP contribution in [0.5, 0.6) is 0 Å². The van der Waals surface area contributed by atoms with Gasteiger partial charge >= 0.3 is 11.8 Å². The standard InChI is InChI=1S/C12H10F3N3O2/c1-7(19)17-11(12(13,14)15)10(20)16-9(18-11)8-5-3-2-4-6-8/h2-6H,1H3,(H,17,19)(H,16,18,20)/t11-/m0/s1. The smallest absolute Gasteiger partial charge is 0.317 e. The molecule has 0 saturated carbocycles. The third-order valence-electron chi connectivity index (χ3n) is 2.65. The number of hydrogen-bond acceptors (Lipinski definition) is 3. The molecule has 1 aromatic rings. The molecule has 1 aromatic carbocycles. The molecule has 8 heteroatoms. The fraction of sp³-hybridized carbons (Fsp3) is 0.250. The Morgan fingerprint density at radius 2 is 1.90 bits per heavy atom. The largest absolute Gasteiger partial charge is 0.442 e. The monoisotopic (exact) mass is 285 g/mol. The molecule has 2 N–H and O–H groups in total. The third kappa shape index (κ3) is 2.24. The first-order valence-corrected chi connectivity index (χ1v) is 5.58. The molecule has 0 saturated heterocycles. The lowest BCUT2D eigenvalue weighted by molar-refractivity contribution is -0.196. The van der Waals surface area contributed by atoms with Crippen molar-refractivity contribution in [3.05, 3.63) is 35.9 Å². The molecule has 1 atom stereocenters. The second-order valence-electron chi connectivity index (χ2n) is 4.17. The van der Waals surface area contributed by atoms with Gasteiger partial charge in [0.25, 0.3) is 5.91 Å². The molecule has 1 aliphatic rings. The van der Waals surface area contributed by atoms with Crippen LogP contribution < -0.4 is 10.6 Å². The van der Waals surface area contributed by atoms with Crippen LogP contribution in [0.25, 0.3) is 0 Å². The number of carbonyl (C=O) groups excluding carboxylic acids is 2. The van der Waals surface area contributed by atoms with E-state index < -0.39 is 23.7 Å². The van der Waals surface area contributed by atoms with E-state index in [1.54, 1.807) is 23.5 Å². The highest BCUT2D eigenvalue weighted by Gasteiger charge is 2.64. The summed E-state index contributed by atoms with van der Waals surface area (Å²) in [5.41, 5.74) is -2.96. The molecule has 0 radical (unpaired) electrons. The Morgan fingerprint density at radius 3 is 2.40 bits per heavy atom. The maximum Gasteiger partial charge on any atom is 0.442 e. The van der Waals surface area contributed by atoms with Crippen LogP contribution in [0.1, 0.15) is 12.5 Å². The number of nitrogens with zero attached hydrogens (tertiary/aromatic N) is 1. The van der Waals surface area contributed by atoms with Crippen LogP contribution in [-0.2, 0) is 9.59 Å². The van der Waals surface area contributed by atoms with Crippen molar-refractivity contribution < 1.29 is 22.8 Å². The van der Waals surface area contributed by atoms with Gasteiger partial charge in [0.15, 0.2) is 0 Å². The highest BCUT2D eigenvalue weighted by Crippen LogP contribution is 2.35. The summed E-state index contributed by atoms with van der Waals surface area (Å²) in [5, 5.41) is 3.63. The van der Waals surface area contributed by atoms with Crippen molar-refractivity contribution in [2.24, 2.45) is 4.99 Å². The highest BCUT2D eigenvalue weighted by atomic mass is 19.4. The van der Waals surface area contributed by atoms with Crippen LogP contribution in [0.2, 0.25) is 0 Å². The zero-order valence-electron chi connectivity index (χ0n) is 10.3. The molecule has 0 unspecified atom stereocenters. The first-order valence-electron chi connectivity index (χ1n) is 5.58. The molecule has 2 amide bonds. The predicted molar refractivity (Wildman–Crippen MR) is 63.7 cm³/mol. The summed E-state index contributed by atoms with van der Waals surface area (Å²) >= 11 is 0. The molecule has 0 aromatic heterocycles. The summed E-state index contributed by atoms with van der Waals surface area (Å²) in [7, 11) is 0. The number of nitrogens with one attached hydrogen (secondary N) is 2. The van der Waals surface area contributed by atoms with Crippen LogP contribution in [0, 0.1) is 0 Å². The van der Waals surface area contributed by atoms with E-state index >= 15 is 0 Å². The van der Waals surface area contributed by atoms with Crippen LogP contribution >= 0.6 is 0 Å². The lowest BCUT2D eigenvalue weighted by Crippen LogP contribution is -2.62. The second kappa shape index (κ2) is 4.62. The third-order valence-corrected chi connectivity index (χ3v) is 2.65. The average molecular weight is 285 g/mol. The lowest BCUT2D eigenvalue weighted by Gasteiger charge is -2.26. The van der Waals surface area contributed by atoms with Gasteiger partial charge in [0.1, 0.15) is 5.84 Å². The van der Waals surface area contributed by atoms with Crippen molar-refractivity contribution in [2.45, 2.75) is 18.8 Å². The van der Waals surface area contributed by atoms with Gasteiger partial charge in [0.2, 0.25) is 5.91 Å². The summed E-state index contributed by atoms with van der Waals surface area (Å²) in [6, 6.07) is 7.86. The van der Waals surface area contributed by atoms with Crippen molar-refractivity contribution in [1.82, 2.24) is 10.6 Å². The Morgan fingerprint density at radius 1 is 1.30 bits per heavy atom. The maximum atomic E-state index is 13.1. The quantitative estimate of drug-likeness (QED) is 0.849. The summed E-state index contributed by atoms with van der Waals surface area (Å²) in [6.07, 6.45) is -5.04. The molecule has 20 heavy (non-hydrogen) atoms. The lowest BCUT2D eigenvalue weighted by atomic mass is 10.1. The molecule has 0 spiro atoms. The Bertz CT molecular complexity index is 583. The minimum absolute atomic E-state index is 0.235. The number of halogens is 3. The van der Waals surface area contributed by atoms with Crippen LogP contribution in [0.3, 0.4) is 0 Å². The van der Waals surface area contributed by atoms with Crippen molar-refractivity contribution in [3.8, 4) is 0 Å². The summed E-state index contributed by atoms with van der Waals surface area (Å²) in [4.78, 5) is 26.1. The molecule has 5 nitrogen and oxygen atoms in total. The number of amidine groups is 1. The Balaban J connectivity index is 2.50. The minimum atomic E-state index is -5.04. The second-order valence-corrected chi connectivity index (χ2v) is 4.17. The number of hydrogen-bond donors (Lipinski definition) is 2. The van der Waals surface area contributed by atoms with Crippen LogP contribution in [0.4, 0.5) is 13.2 Å². The summed E-state index contributed by atoms with van der Waals surface area (Å²) in [6.45, 7) is 0.886. The molecule has 106 valence electrons. The number of aliphatic imine (C=N–C) groups is 1. The van der Waals surface area contributed by atoms with E-state index in [0.717, 1.165) is 6.92 Å². The van der Waals surface area contributed by atoms with Crippen LogP contribution in [0.15, 0.2) is 35.3 Å². The van der Waals surface area contributed by atoms with Gasteiger partial charge in [-0.05, 0) is 0 Å². The van der Waals surface area contributed by atoms with Gasteiger partial charge in [0.05, 0.1) is 0 Å². The predicted octanol–water partition coefficient (Wildman–Crippen LogP) is 0.958. The number of amides is 2. The molecular weight excluding hydrogens is 275 g/mol. The molecule has 2 rings (SSSR count). The van der Waals surface area contributed by atoms with E-state index in [1.165, 1.54) is 12.1 Å². The van der Waals surface area contributed by atoms with Gasteiger partial charge in [-0.25, -0.2) is 4.99 Å².